The lowest BCUT2D eigenvalue weighted by atomic mass is 10.1. The van der Waals surface area contributed by atoms with Crippen LogP contribution in [0.25, 0.3) is 10.8 Å². The zero-order valence-electron chi connectivity index (χ0n) is 14.5. The minimum Gasteiger partial charge on any atom is -0.485 e. The largest absolute Gasteiger partial charge is 0.485 e. The van der Waals surface area contributed by atoms with E-state index in [4.69, 9.17) is 4.74 Å². The first-order chi connectivity index (χ1) is 12.7. The van der Waals surface area contributed by atoms with E-state index in [2.05, 4.69) is 27.6 Å². The van der Waals surface area contributed by atoms with E-state index in [0.717, 1.165) is 35.2 Å². The number of hydrogen-bond donors (Lipinski definition) is 1. The van der Waals surface area contributed by atoms with Crippen LogP contribution in [0.3, 0.4) is 0 Å². The Morgan fingerprint density at radius 2 is 2.04 bits per heavy atom. The van der Waals surface area contributed by atoms with Crippen molar-refractivity contribution in [2.75, 3.05) is 5.75 Å². The first-order valence-corrected chi connectivity index (χ1v) is 9.60. The van der Waals surface area contributed by atoms with Gasteiger partial charge >= 0.3 is 0 Å². The zero-order valence-corrected chi connectivity index (χ0v) is 15.3. The van der Waals surface area contributed by atoms with Crippen molar-refractivity contribution in [2.24, 2.45) is 7.05 Å². The van der Waals surface area contributed by atoms with Gasteiger partial charge < -0.3 is 14.6 Å². The van der Waals surface area contributed by atoms with E-state index < -0.39 is 0 Å². The molecule has 26 heavy (non-hydrogen) atoms. The van der Waals surface area contributed by atoms with Crippen LogP contribution in [-0.2, 0) is 18.4 Å². The van der Waals surface area contributed by atoms with Gasteiger partial charge in [0.2, 0.25) is 5.91 Å². The number of ether oxygens (including phenoxy) is 1. The number of hydrogen-bond acceptors (Lipinski definition) is 5. The van der Waals surface area contributed by atoms with Crippen LogP contribution in [-0.4, -0.2) is 32.5 Å². The molecule has 1 heterocycles. The minimum absolute atomic E-state index is 0.0501. The predicted molar refractivity (Wildman–Crippen MR) is 101 cm³/mol. The summed E-state index contributed by atoms with van der Waals surface area (Å²) < 4.78 is 7.85. The molecule has 0 radical (unpaired) electrons. The van der Waals surface area contributed by atoms with Crippen molar-refractivity contribution < 1.29 is 9.53 Å². The average molecular weight is 368 g/mol. The van der Waals surface area contributed by atoms with Gasteiger partial charge in [-0.25, -0.2) is 0 Å². The van der Waals surface area contributed by atoms with Gasteiger partial charge in [0.15, 0.2) is 11.0 Å². The van der Waals surface area contributed by atoms with Crippen molar-refractivity contribution in [1.82, 2.24) is 20.1 Å². The van der Waals surface area contributed by atoms with E-state index >= 15 is 0 Å². The monoisotopic (exact) mass is 368 g/mol. The Morgan fingerprint density at radius 1 is 1.23 bits per heavy atom. The predicted octanol–water partition coefficient (Wildman–Crippen LogP) is 2.92. The van der Waals surface area contributed by atoms with Crippen molar-refractivity contribution in [3.63, 3.8) is 0 Å². The van der Waals surface area contributed by atoms with Crippen LogP contribution in [0.1, 0.15) is 18.7 Å². The van der Waals surface area contributed by atoms with Gasteiger partial charge in [-0.3, -0.25) is 4.79 Å². The maximum absolute atomic E-state index is 11.8. The molecule has 1 aliphatic rings. The summed E-state index contributed by atoms with van der Waals surface area (Å²) in [5, 5.41) is 14.3. The highest BCUT2D eigenvalue weighted by molar-refractivity contribution is 7.99. The number of benzene rings is 2. The van der Waals surface area contributed by atoms with E-state index in [-0.39, 0.29) is 5.91 Å². The quantitative estimate of drug-likeness (QED) is 0.650. The fraction of sp³-hybridized carbons (Fsp3) is 0.316. The Kier molecular flexibility index (Phi) is 4.79. The third-order valence-electron chi connectivity index (χ3n) is 4.31. The Hall–Kier alpha value is -2.54. The number of thioether (sulfide) groups is 1. The highest BCUT2D eigenvalue weighted by atomic mass is 32.2. The normalized spacial score (nSPS) is 13.7. The van der Waals surface area contributed by atoms with Gasteiger partial charge in [-0.15, -0.1) is 10.2 Å². The number of amides is 1. The second-order valence-electron chi connectivity index (χ2n) is 6.35. The Labute approximate surface area is 155 Å². The molecule has 1 saturated carbocycles. The van der Waals surface area contributed by atoms with E-state index in [1.807, 2.05) is 41.9 Å². The molecule has 7 heteroatoms. The van der Waals surface area contributed by atoms with Crippen LogP contribution in [0, 0.1) is 0 Å². The Balaban J connectivity index is 1.39. The molecule has 0 saturated heterocycles. The van der Waals surface area contributed by atoms with Crippen molar-refractivity contribution in [3.8, 4) is 5.75 Å². The molecule has 0 spiro atoms. The lowest BCUT2D eigenvalue weighted by Crippen LogP contribution is -2.27. The summed E-state index contributed by atoms with van der Waals surface area (Å²) in [5.74, 6) is 1.95. The molecule has 0 unspecified atom stereocenters. The van der Waals surface area contributed by atoms with Crippen LogP contribution >= 0.6 is 11.8 Å². The number of carbonyl (C=O) groups is 1. The topological polar surface area (TPSA) is 69.0 Å². The van der Waals surface area contributed by atoms with Crippen LogP contribution in [0.2, 0.25) is 0 Å². The lowest BCUT2D eigenvalue weighted by molar-refractivity contribution is -0.118. The van der Waals surface area contributed by atoms with E-state index in [1.165, 1.54) is 11.8 Å². The smallest absolute Gasteiger partial charge is 0.230 e. The molecule has 3 aromatic rings. The summed E-state index contributed by atoms with van der Waals surface area (Å²) >= 11 is 1.39. The first kappa shape index (κ1) is 16.9. The van der Waals surface area contributed by atoms with Crippen LogP contribution in [0.4, 0.5) is 0 Å². The lowest BCUT2D eigenvalue weighted by Gasteiger charge is -2.09. The third kappa shape index (κ3) is 3.83. The third-order valence-corrected chi connectivity index (χ3v) is 5.33. The fourth-order valence-electron chi connectivity index (χ4n) is 2.69. The molecular formula is C19H20N4O2S. The SMILES string of the molecule is Cn1c(COc2cccc3ccccc23)nnc1SCC(=O)NC1CC1. The molecule has 2 aromatic carbocycles. The summed E-state index contributed by atoms with van der Waals surface area (Å²) in [6.07, 6.45) is 2.19. The highest BCUT2D eigenvalue weighted by Crippen LogP contribution is 2.26. The number of nitrogens with one attached hydrogen (secondary N) is 1. The number of carbonyl (C=O) groups excluding carboxylic acids is 1. The van der Waals surface area contributed by atoms with Crippen molar-refractivity contribution >= 4 is 28.4 Å². The summed E-state index contributed by atoms with van der Waals surface area (Å²) in [5.41, 5.74) is 0. The van der Waals surface area contributed by atoms with Gasteiger partial charge in [0, 0.05) is 18.5 Å². The number of aromatic nitrogens is 3. The Bertz CT molecular complexity index is 931. The summed E-state index contributed by atoms with van der Waals surface area (Å²) in [6, 6.07) is 14.5. The van der Waals surface area contributed by atoms with Crippen LogP contribution in [0.15, 0.2) is 47.6 Å². The van der Waals surface area contributed by atoms with Crippen LogP contribution in [0.5, 0.6) is 5.75 Å². The van der Waals surface area contributed by atoms with E-state index in [1.54, 1.807) is 0 Å². The van der Waals surface area contributed by atoms with Crippen molar-refractivity contribution in [1.29, 1.82) is 0 Å². The van der Waals surface area contributed by atoms with Crippen LogP contribution < -0.4 is 10.1 Å². The maximum atomic E-state index is 11.8. The maximum Gasteiger partial charge on any atom is 0.230 e. The second-order valence-corrected chi connectivity index (χ2v) is 7.30. The molecule has 134 valence electrons. The van der Waals surface area contributed by atoms with Gasteiger partial charge in [0.05, 0.1) is 5.75 Å². The van der Waals surface area contributed by atoms with E-state index in [9.17, 15) is 4.79 Å². The standard InChI is InChI=1S/C19H20N4O2S/c1-23-17(21-22-19(23)26-12-18(24)20-14-9-10-14)11-25-16-8-4-6-13-5-2-3-7-15(13)16/h2-8,14H,9-12H2,1H3,(H,20,24). The molecule has 1 aromatic heterocycles. The first-order valence-electron chi connectivity index (χ1n) is 8.62. The summed E-state index contributed by atoms with van der Waals surface area (Å²) in [7, 11) is 1.89. The van der Waals surface area contributed by atoms with Gasteiger partial charge in [-0.05, 0) is 24.3 Å². The molecule has 1 fully saturated rings. The number of rotatable bonds is 7. The number of nitrogens with zero attached hydrogens (tertiary/aromatic N) is 3. The molecule has 6 nitrogen and oxygen atoms in total. The molecule has 1 amide bonds. The molecule has 1 N–H and O–H groups in total. The molecule has 0 bridgehead atoms. The van der Waals surface area contributed by atoms with Gasteiger partial charge in [0.1, 0.15) is 12.4 Å². The van der Waals surface area contributed by atoms with Gasteiger partial charge in [-0.1, -0.05) is 48.2 Å². The molecule has 0 aliphatic heterocycles. The average Bonchev–Trinajstić information content (AvgIpc) is 3.40. The Morgan fingerprint density at radius 3 is 2.88 bits per heavy atom. The van der Waals surface area contributed by atoms with Gasteiger partial charge in [0.25, 0.3) is 0 Å². The molecule has 1 aliphatic carbocycles. The van der Waals surface area contributed by atoms with Crippen molar-refractivity contribution in [2.45, 2.75) is 30.6 Å². The molecule has 0 atom stereocenters. The molecular weight excluding hydrogens is 348 g/mol. The fourth-order valence-corrected chi connectivity index (χ4v) is 3.43. The summed E-state index contributed by atoms with van der Waals surface area (Å²) in [4.78, 5) is 11.8. The number of fused-ring (bicyclic) bond motifs is 1. The van der Waals surface area contributed by atoms with E-state index in [0.29, 0.717) is 23.6 Å². The minimum atomic E-state index is 0.0501. The second kappa shape index (κ2) is 7.37. The molecule has 4 rings (SSSR count). The summed E-state index contributed by atoms with van der Waals surface area (Å²) in [6.45, 7) is 0.326. The van der Waals surface area contributed by atoms with Gasteiger partial charge in [-0.2, -0.15) is 0 Å². The highest BCUT2D eigenvalue weighted by Gasteiger charge is 2.23. The van der Waals surface area contributed by atoms with Crippen molar-refractivity contribution in [3.05, 3.63) is 48.3 Å². The zero-order chi connectivity index (χ0) is 17.9.